The van der Waals surface area contributed by atoms with Crippen LogP contribution in [0.2, 0.25) is 0 Å². The van der Waals surface area contributed by atoms with Crippen molar-refractivity contribution in [3.63, 3.8) is 0 Å². The Morgan fingerprint density at radius 1 is 1.05 bits per heavy atom. The summed E-state index contributed by atoms with van der Waals surface area (Å²) in [5.74, 6) is 0.774. The highest BCUT2D eigenvalue weighted by Gasteiger charge is 2.04. The van der Waals surface area contributed by atoms with Gasteiger partial charge in [-0.1, -0.05) is 37.3 Å². The number of hydrogen-bond donors (Lipinski definition) is 2. The molecule has 0 spiro atoms. The summed E-state index contributed by atoms with van der Waals surface area (Å²) in [4.78, 5) is 0. The Morgan fingerprint density at radius 2 is 1.70 bits per heavy atom. The molecule has 0 saturated carbocycles. The second-order valence-electron chi connectivity index (χ2n) is 4.51. The first-order valence-corrected chi connectivity index (χ1v) is 6.62. The predicted octanol–water partition coefficient (Wildman–Crippen LogP) is 4.02. The molecule has 0 heterocycles. The van der Waals surface area contributed by atoms with E-state index in [1.54, 1.807) is 12.1 Å². The molecule has 2 aromatic carbocycles. The fraction of sp³-hybridized carbons (Fsp3) is 0.176. The lowest BCUT2D eigenvalue weighted by Crippen LogP contribution is -1.93. The van der Waals surface area contributed by atoms with Crippen molar-refractivity contribution in [2.75, 3.05) is 6.61 Å². The van der Waals surface area contributed by atoms with Crippen LogP contribution >= 0.6 is 0 Å². The van der Waals surface area contributed by atoms with Crippen molar-refractivity contribution < 1.29 is 14.9 Å². The first-order valence-electron chi connectivity index (χ1n) is 6.62. The van der Waals surface area contributed by atoms with Crippen molar-refractivity contribution in [2.24, 2.45) is 0 Å². The molecular formula is C17H18O3. The maximum absolute atomic E-state index is 9.52. The van der Waals surface area contributed by atoms with Gasteiger partial charge in [-0.05, 0) is 30.2 Å². The molecule has 0 aromatic heterocycles. The van der Waals surface area contributed by atoms with Gasteiger partial charge in [-0.25, -0.2) is 0 Å². The lowest BCUT2D eigenvalue weighted by molar-refractivity contribution is 0.279. The molecule has 0 aliphatic heterocycles. The molecular weight excluding hydrogens is 252 g/mol. The summed E-state index contributed by atoms with van der Waals surface area (Å²) in [5.41, 5.74) is 1.65. The zero-order valence-corrected chi connectivity index (χ0v) is 11.4. The van der Waals surface area contributed by atoms with Crippen LogP contribution in [0.1, 0.15) is 24.5 Å². The Balaban J connectivity index is 2.37. The Labute approximate surface area is 118 Å². The third-order valence-electron chi connectivity index (χ3n) is 2.74. The summed E-state index contributed by atoms with van der Waals surface area (Å²) in [6, 6.07) is 14.2. The first kappa shape index (κ1) is 14.0. The van der Waals surface area contributed by atoms with Gasteiger partial charge in [-0.2, -0.15) is 0 Å². The monoisotopic (exact) mass is 270 g/mol. The summed E-state index contributed by atoms with van der Waals surface area (Å²) >= 11 is 0. The van der Waals surface area contributed by atoms with Gasteiger partial charge in [0.25, 0.3) is 0 Å². The predicted molar refractivity (Wildman–Crippen MR) is 80.3 cm³/mol. The fourth-order valence-electron chi connectivity index (χ4n) is 1.88. The maximum atomic E-state index is 9.52. The van der Waals surface area contributed by atoms with Crippen LogP contribution in [0.4, 0.5) is 0 Å². The van der Waals surface area contributed by atoms with Crippen molar-refractivity contribution in [1.82, 2.24) is 0 Å². The van der Waals surface area contributed by atoms with E-state index in [2.05, 4.69) is 0 Å². The molecule has 0 saturated heterocycles. The largest absolute Gasteiger partial charge is 0.508 e. The zero-order valence-electron chi connectivity index (χ0n) is 11.4. The summed E-state index contributed by atoms with van der Waals surface area (Å²) in [7, 11) is 0. The van der Waals surface area contributed by atoms with Gasteiger partial charge in [0, 0.05) is 11.6 Å². The number of benzene rings is 2. The van der Waals surface area contributed by atoms with E-state index >= 15 is 0 Å². The van der Waals surface area contributed by atoms with Crippen LogP contribution in [0, 0.1) is 0 Å². The molecule has 2 rings (SSSR count). The van der Waals surface area contributed by atoms with Crippen LogP contribution in [0.3, 0.4) is 0 Å². The lowest BCUT2D eigenvalue weighted by Gasteiger charge is -2.10. The number of ether oxygens (including phenoxy) is 1. The van der Waals surface area contributed by atoms with Crippen molar-refractivity contribution >= 4 is 11.8 Å². The highest BCUT2D eigenvalue weighted by Crippen LogP contribution is 2.25. The van der Waals surface area contributed by atoms with Crippen LogP contribution in [0.15, 0.2) is 48.5 Å². The summed E-state index contributed by atoms with van der Waals surface area (Å²) < 4.78 is 5.76. The zero-order chi connectivity index (χ0) is 14.4. The number of aromatic hydroxyl groups is 2. The second-order valence-corrected chi connectivity index (χ2v) is 4.51. The van der Waals surface area contributed by atoms with Gasteiger partial charge in [-0.15, -0.1) is 0 Å². The van der Waals surface area contributed by atoms with Gasteiger partial charge in [0.1, 0.15) is 17.3 Å². The van der Waals surface area contributed by atoms with E-state index in [-0.39, 0.29) is 11.5 Å². The van der Waals surface area contributed by atoms with Crippen molar-refractivity contribution in [1.29, 1.82) is 0 Å². The standard InChI is InChI=1S/C17H18O3/c1-2-8-20-17(14-6-4-3-5-7-14)11-13-9-15(18)12-16(19)10-13/h3-7,9-12,18-19H,2,8H2,1H3. The summed E-state index contributed by atoms with van der Waals surface area (Å²) in [6.45, 7) is 2.66. The van der Waals surface area contributed by atoms with E-state index in [0.717, 1.165) is 17.7 Å². The van der Waals surface area contributed by atoms with Gasteiger partial charge in [0.15, 0.2) is 0 Å². The quantitative estimate of drug-likeness (QED) is 0.637. The van der Waals surface area contributed by atoms with Crippen LogP contribution in [0.5, 0.6) is 11.5 Å². The minimum absolute atomic E-state index is 0.0270. The second kappa shape index (κ2) is 6.66. The minimum atomic E-state index is 0.0270. The van der Waals surface area contributed by atoms with Crippen molar-refractivity contribution in [2.45, 2.75) is 13.3 Å². The normalized spacial score (nSPS) is 11.3. The number of rotatable bonds is 5. The number of hydrogen-bond acceptors (Lipinski definition) is 3. The Bertz CT molecular complexity index is 568. The summed E-state index contributed by atoms with van der Waals surface area (Å²) in [5, 5.41) is 19.0. The van der Waals surface area contributed by atoms with Crippen molar-refractivity contribution in [3.05, 3.63) is 59.7 Å². The smallest absolute Gasteiger partial charge is 0.127 e. The molecule has 0 aliphatic carbocycles. The molecule has 0 radical (unpaired) electrons. The van der Waals surface area contributed by atoms with Crippen LogP contribution in [-0.2, 0) is 4.74 Å². The topological polar surface area (TPSA) is 49.7 Å². The molecule has 2 N–H and O–H groups in total. The molecule has 0 unspecified atom stereocenters. The average molecular weight is 270 g/mol. The molecule has 0 amide bonds. The van der Waals surface area contributed by atoms with Crippen LogP contribution in [0.25, 0.3) is 11.8 Å². The van der Waals surface area contributed by atoms with Gasteiger partial charge in [-0.3, -0.25) is 0 Å². The van der Waals surface area contributed by atoms with E-state index in [4.69, 9.17) is 4.74 Å². The minimum Gasteiger partial charge on any atom is -0.508 e. The van der Waals surface area contributed by atoms with E-state index in [0.29, 0.717) is 12.2 Å². The van der Waals surface area contributed by atoms with Gasteiger partial charge in [0.05, 0.1) is 6.61 Å². The lowest BCUT2D eigenvalue weighted by atomic mass is 10.1. The molecule has 2 aromatic rings. The van der Waals surface area contributed by atoms with E-state index < -0.39 is 0 Å². The summed E-state index contributed by atoms with van der Waals surface area (Å²) in [6.07, 6.45) is 2.72. The molecule has 0 fully saturated rings. The molecule has 3 nitrogen and oxygen atoms in total. The maximum Gasteiger partial charge on any atom is 0.127 e. The van der Waals surface area contributed by atoms with Gasteiger partial charge < -0.3 is 14.9 Å². The average Bonchev–Trinajstić information content (AvgIpc) is 2.43. The van der Waals surface area contributed by atoms with Crippen LogP contribution in [-0.4, -0.2) is 16.8 Å². The highest BCUT2D eigenvalue weighted by atomic mass is 16.5. The fourth-order valence-corrected chi connectivity index (χ4v) is 1.88. The van der Waals surface area contributed by atoms with E-state index in [1.807, 2.05) is 43.3 Å². The molecule has 0 aliphatic rings. The Hall–Kier alpha value is -2.42. The molecule has 3 heteroatoms. The molecule has 20 heavy (non-hydrogen) atoms. The molecule has 0 bridgehead atoms. The molecule has 104 valence electrons. The third kappa shape index (κ3) is 3.79. The Morgan fingerprint density at radius 3 is 2.30 bits per heavy atom. The highest BCUT2D eigenvalue weighted by molar-refractivity contribution is 5.78. The number of phenolic OH excluding ortho intramolecular Hbond substituents is 2. The van der Waals surface area contributed by atoms with E-state index in [9.17, 15) is 10.2 Å². The Kier molecular flexibility index (Phi) is 4.66. The SMILES string of the molecule is CCCOC(=Cc1cc(O)cc(O)c1)c1ccccc1. The van der Waals surface area contributed by atoms with Crippen molar-refractivity contribution in [3.8, 4) is 11.5 Å². The van der Waals surface area contributed by atoms with Gasteiger partial charge >= 0.3 is 0 Å². The first-order chi connectivity index (χ1) is 9.69. The third-order valence-corrected chi connectivity index (χ3v) is 2.74. The van der Waals surface area contributed by atoms with E-state index in [1.165, 1.54) is 6.07 Å². The van der Waals surface area contributed by atoms with Gasteiger partial charge in [0.2, 0.25) is 0 Å². The van der Waals surface area contributed by atoms with Crippen LogP contribution < -0.4 is 0 Å². The number of phenols is 2. The molecule has 0 atom stereocenters.